The second kappa shape index (κ2) is 6.72. The van der Waals surface area contributed by atoms with E-state index in [1.165, 1.54) is 6.20 Å². The van der Waals surface area contributed by atoms with E-state index in [0.717, 1.165) is 0 Å². The van der Waals surface area contributed by atoms with Crippen LogP contribution in [-0.4, -0.2) is 43.7 Å². The van der Waals surface area contributed by atoms with Crippen LogP contribution in [0.3, 0.4) is 0 Å². The molecule has 0 saturated heterocycles. The third-order valence-electron chi connectivity index (χ3n) is 2.57. The first-order chi connectivity index (χ1) is 8.53. The average Bonchev–Trinajstić information content (AvgIpc) is 2.74. The molecule has 0 bridgehead atoms. The van der Waals surface area contributed by atoms with Crippen LogP contribution in [0.25, 0.3) is 0 Å². The van der Waals surface area contributed by atoms with E-state index in [4.69, 9.17) is 10.5 Å². The second-order valence-electron chi connectivity index (χ2n) is 3.90. The second-order valence-corrected chi connectivity index (χ2v) is 5.86. The number of aromatic nitrogens is 2. The maximum Gasteiger partial charge on any atom is 0.236 e. The van der Waals surface area contributed by atoms with Gasteiger partial charge in [-0.3, -0.25) is 9.40 Å². The normalized spacial score (nSPS) is 13.5. The number of methoxy groups -OCH3 is 1. The molecule has 0 spiro atoms. The average molecular weight is 276 g/mol. The van der Waals surface area contributed by atoms with E-state index in [9.17, 15) is 8.42 Å². The highest BCUT2D eigenvalue weighted by atomic mass is 32.2. The van der Waals surface area contributed by atoms with Gasteiger partial charge in [0, 0.05) is 19.9 Å². The van der Waals surface area contributed by atoms with Crippen LogP contribution in [0, 0.1) is 0 Å². The summed E-state index contributed by atoms with van der Waals surface area (Å²) in [6, 6.07) is 0. The van der Waals surface area contributed by atoms with Gasteiger partial charge in [0.05, 0.1) is 30.3 Å². The van der Waals surface area contributed by atoms with Gasteiger partial charge in [-0.2, -0.15) is 5.10 Å². The molecule has 0 aliphatic rings. The number of rotatable bonds is 8. The lowest BCUT2D eigenvalue weighted by Crippen LogP contribution is -2.33. The first-order valence-corrected chi connectivity index (χ1v) is 7.31. The van der Waals surface area contributed by atoms with Crippen molar-refractivity contribution in [1.82, 2.24) is 9.78 Å². The molecular weight excluding hydrogens is 256 g/mol. The molecule has 1 aromatic heterocycles. The number of anilines is 1. The molecule has 1 atom stereocenters. The summed E-state index contributed by atoms with van der Waals surface area (Å²) in [6.45, 7) is 2.99. The molecule has 8 heteroatoms. The van der Waals surface area contributed by atoms with Crippen LogP contribution in [-0.2, 0) is 21.3 Å². The predicted octanol–water partition coefficient (Wildman–Crippen LogP) is 0.00850. The van der Waals surface area contributed by atoms with Gasteiger partial charge in [-0.05, 0) is 6.42 Å². The van der Waals surface area contributed by atoms with Gasteiger partial charge in [-0.1, -0.05) is 6.92 Å². The van der Waals surface area contributed by atoms with Gasteiger partial charge < -0.3 is 10.5 Å². The zero-order valence-electron chi connectivity index (χ0n) is 10.7. The van der Waals surface area contributed by atoms with Crippen LogP contribution >= 0.6 is 0 Å². The number of hydrogen-bond donors (Lipinski definition) is 2. The molecule has 0 fully saturated rings. The fourth-order valence-electron chi connectivity index (χ4n) is 1.48. The minimum atomic E-state index is -3.44. The summed E-state index contributed by atoms with van der Waals surface area (Å²) in [4.78, 5) is 0. The maximum absolute atomic E-state index is 11.9. The minimum absolute atomic E-state index is 0.101. The molecule has 0 aliphatic carbocycles. The Morgan fingerprint density at radius 1 is 1.61 bits per heavy atom. The zero-order chi connectivity index (χ0) is 13.6. The zero-order valence-corrected chi connectivity index (χ0v) is 11.5. The molecule has 0 saturated carbocycles. The van der Waals surface area contributed by atoms with Crippen LogP contribution in [0.2, 0.25) is 0 Å². The Hall–Kier alpha value is -1.12. The van der Waals surface area contributed by atoms with Gasteiger partial charge in [0.15, 0.2) is 0 Å². The van der Waals surface area contributed by atoms with Crippen LogP contribution < -0.4 is 10.5 Å². The van der Waals surface area contributed by atoms with Crippen molar-refractivity contribution >= 4 is 15.7 Å². The molecule has 0 radical (unpaired) electrons. The highest BCUT2D eigenvalue weighted by Crippen LogP contribution is 2.12. The van der Waals surface area contributed by atoms with E-state index in [1.54, 1.807) is 24.9 Å². The van der Waals surface area contributed by atoms with Crippen molar-refractivity contribution in [3.8, 4) is 0 Å². The Kier molecular flexibility index (Phi) is 5.57. The first kappa shape index (κ1) is 14.9. The number of nitrogens with zero attached hydrogens (tertiary/aromatic N) is 2. The van der Waals surface area contributed by atoms with Crippen LogP contribution in [0.4, 0.5) is 5.69 Å². The van der Waals surface area contributed by atoms with E-state index in [1.807, 2.05) is 0 Å². The Morgan fingerprint density at radius 3 is 2.89 bits per heavy atom. The van der Waals surface area contributed by atoms with Gasteiger partial charge in [0.1, 0.15) is 0 Å². The molecule has 7 nitrogen and oxygen atoms in total. The van der Waals surface area contributed by atoms with Crippen molar-refractivity contribution in [3.05, 3.63) is 12.4 Å². The number of nitrogens with one attached hydrogen (secondary N) is 1. The van der Waals surface area contributed by atoms with Crippen LogP contribution in [0.1, 0.15) is 13.3 Å². The van der Waals surface area contributed by atoms with Gasteiger partial charge in [0.25, 0.3) is 0 Å². The molecule has 1 heterocycles. The highest BCUT2D eigenvalue weighted by molar-refractivity contribution is 7.93. The summed E-state index contributed by atoms with van der Waals surface area (Å²) < 4.78 is 32.9. The maximum atomic E-state index is 11.9. The molecule has 1 aromatic rings. The molecule has 0 amide bonds. The van der Waals surface area contributed by atoms with Gasteiger partial charge in [-0.25, -0.2) is 8.42 Å². The van der Waals surface area contributed by atoms with Crippen molar-refractivity contribution in [2.24, 2.45) is 5.73 Å². The minimum Gasteiger partial charge on any atom is -0.383 e. The highest BCUT2D eigenvalue weighted by Gasteiger charge is 2.22. The molecule has 0 aliphatic heterocycles. The molecule has 3 N–H and O–H groups in total. The fraction of sp³-hybridized carbons (Fsp3) is 0.700. The Balaban J connectivity index is 2.69. The summed E-state index contributed by atoms with van der Waals surface area (Å²) in [7, 11) is -1.84. The van der Waals surface area contributed by atoms with E-state index in [0.29, 0.717) is 25.3 Å². The molecular formula is C10H20N4O3S. The standard InChI is InChI=1S/C10H20N4O3S/c1-3-10(6-11)18(15,16)13-9-7-12-14(8-9)4-5-17-2/h7-8,10,13H,3-6,11H2,1-2H3. The van der Waals surface area contributed by atoms with Crippen LogP contribution in [0.5, 0.6) is 0 Å². The third-order valence-corrected chi connectivity index (χ3v) is 4.50. The van der Waals surface area contributed by atoms with Gasteiger partial charge >= 0.3 is 0 Å². The SMILES string of the molecule is CCC(CN)S(=O)(=O)Nc1cnn(CCOC)c1. The van der Waals surface area contributed by atoms with Crippen molar-refractivity contribution in [2.45, 2.75) is 25.1 Å². The molecule has 1 rings (SSSR count). The van der Waals surface area contributed by atoms with Gasteiger partial charge in [0.2, 0.25) is 10.0 Å². The number of nitrogens with two attached hydrogens (primary N) is 1. The summed E-state index contributed by atoms with van der Waals surface area (Å²) in [6.07, 6.45) is 3.57. The van der Waals surface area contributed by atoms with Crippen molar-refractivity contribution in [2.75, 3.05) is 25.0 Å². The molecule has 1 unspecified atom stereocenters. The molecule has 104 valence electrons. The van der Waals surface area contributed by atoms with Crippen LogP contribution in [0.15, 0.2) is 12.4 Å². The van der Waals surface area contributed by atoms with Crippen molar-refractivity contribution < 1.29 is 13.2 Å². The quantitative estimate of drug-likeness (QED) is 0.696. The summed E-state index contributed by atoms with van der Waals surface area (Å²) >= 11 is 0. The lowest BCUT2D eigenvalue weighted by atomic mass is 10.3. The van der Waals surface area contributed by atoms with Crippen molar-refractivity contribution in [1.29, 1.82) is 0 Å². The topological polar surface area (TPSA) is 99.2 Å². The number of ether oxygens (including phenoxy) is 1. The van der Waals surface area contributed by atoms with E-state index in [-0.39, 0.29) is 6.54 Å². The van der Waals surface area contributed by atoms with E-state index >= 15 is 0 Å². The van der Waals surface area contributed by atoms with E-state index < -0.39 is 15.3 Å². The lowest BCUT2D eigenvalue weighted by Gasteiger charge is -2.13. The summed E-state index contributed by atoms with van der Waals surface area (Å²) in [5.74, 6) is 0. The Bertz CT molecular complexity index is 453. The largest absolute Gasteiger partial charge is 0.383 e. The number of sulfonamides is 1. The lowest BCUT2D eigenvalue weighted by molar-refractivity contribution is 0.183. The Morgan fingerprint density at radius 2 is 2.33 bits per heavy atom. The molecule has 18 heavy (non-hydrogen) atoms. The predicted molar refractivity (Wildman–Crippen MR) is 69.8 cm³/mol. The fourth-order valence-corrected chi connectivity index (χ4v) is 2.78. The van der Waals surface area contributed by atoms with Gasteiger partial charge in [-0.15, -0.1) is 0 Å². The molecule has 0 aromatic carbocycles. The monoisotopic (exact) mass is 276 g/mol. The van der Waals surface area contributed by atoms with Crippen molar-refractivity contribution in [3.63, 3.8) is 0 Å². The Labute approximate surface area is 107 Å². The smallest absolute Gasteiger partial charge is 0.236 e. The number of hydrogen-bond acceptors (Lipinski definition) is 5. The summed E-state index contributed by atoms with van der Waals surface area (Å²) in [5, 5.41) is 3.44. The first-order valence-electron chi connectivity index (χ1n) is 5.76. The van der Waals surface area contributed by atoms with E-state index in [2.05, 4.69) is 9.82 Å². The third kappa shape index (κ3) is 3.97. The summed E-state index contributed by atoms with van der Waals surface area (Å²) in [5.41, 5.74) is 5.88.